The molecule has 38 heavy (non-hydrogen) atoms. The molecule has 0 bridgehead atoms. The average molecular weight is 543 g/mol. The van der Waals surface area contributed by atoms with Gasteiger partial charge in [-0.3, -0.25) is 0 Å². The molecule has 0 fully saturated rings. The Morgan fingerprint density at radius 2 is 1.66 bits per heavy atom. The Morgan fingerprint density at radius 1 is 0.947 bits per heavy atom. The van der Waals surface area contributed by atoms with Crippen LogP contribution in [0.2, 0.25) is 10.0 Å². The number of rotatable bonds is 6. The van der Waals surface area contributed by atoms with Crippen molar-refractivity contribution < 1.29 is 19.0 Å². The van der Waals surface area contributed by atoms with Gasteiger partial charge in [-0.05, 0) is 54.1 Å². The molecule has 0 radical (unpaired) electrons. The van der Waals surface area contributed by atoms with Crippen molar-refractivity contribution >= 4 is 29.2 Å². The average Bonchev–Trinajstić information content (AvgIpc) is 2.92. The molecular formula is C30H20Cl2N2O4. The van der Waals surface area contributed by atoms with Crippen molar-refractivity contribution in [3.63, 3.8) is 0 Å². The Kier molecular flexibility index (Phi) is 7.23. The monoisotopic (exact) mass is 542 g/mol. The summed E-state index contributed by atoms with van der Waals surface area (Å²) in [5.74, 6) is 0.307. The molecule has 0 amide bonds. The van der Waals surface area contributed by atoms with Gasteiger partial charge in [-0.15, -0.1) is 0 Å². The van der Waals surface area contributed by atoms with E-state index in [1.165, 1.54) is 0 Å². The van der Waals surface area contributed by atoms with Crippen LogP contribution in [-0.4, -0.2) is 5.97 Å². The van der Waals surface area contributed by atoms with Crippen molar-refractivity contribution in [1.82, 2.24) is 0 Å². The Morgan fingerprint density at radius 3 is 2.37 bits per heavy atom. The predicted molar refractivity (Wildman–Crippen MR) is 144 cm³/mol. The first-order valence-corrected chi connectivity index (χ1v) is 12.3. The first kappa shape index (κ1) is 25.2. The Bertz CT molecular complexity index is 1580. The number of hydrogen-bond donors (Lipinski definition) is 1. The number of nitriles is 1. The van der Waals surface area contributed by atoms with E-state index in [9.17, 15) is 10.1 Å². The third-order valence-corrected chi connectivity index (χ3v) is 6.67. The standard InChI is InChI=1S/C30H20Cl2N2O4/c31-21-9-5-19(6-10-21)30(35)37-23-13-14-24-27(15-23)38-29(34)25(16-33)28(24)18-7-11-22(12-8-18)36-17-20-3-1-2-4-26(20)32/h1-15,28H,17,34H2. The van der Waals surface area contributed by atoms with E-state index in [1.807, 2.05) is 48.5 Å². The summed E-state index contributed by atoms with van der Waals surface area (Å²) in [5.41, 5.74) is 9.18. The smallest absolute Gasteiger partial charge is 0.343 e. The van der Waals surface area contributed by atoms with E-state index >= 15 is 0 Å². The van der Waals surface area contributed by atoms with E-state index in [2.05, 4.69) is 6.07 Å². The molecule has 0 aliphatic carbocycles. The number of halogens is 2. The van der Waals surface area contributed by atoms with Crippen LogP contribution in [-0.2, 0) is 6.61 Å². The number of esters is 1. The quantitative estimate of drug-likeness (QED) is 0.208. The second-order valence-corrected chi connectivity index (χ2v) is 9.31. The molecule has 188 valence electrons. The molecule has 4 aromatic rings. The highest BCUT2D eigenvalue weighted by atomic mass is 35.5. The summed E-state index contributed by atoms with van der Waals surface area (Å²) < 4.78 is 17.1. The number of carbonyl (C=O) groups excluding carboxylic acids is 1. The third-order valence-electron chi connectivity index (χ3n) is 6.05. The molecule has 0 saturated carbocycles. The second-order valence-electron chi connectivity index (χ2n) is 8.47. The maximum Gasteiger partial charge on any atom is 0.343 e. The normalized spacial score (nSPS) is 14.2. The number of nitrogens with zero attached hydrogens (tertiary/aromatic N) is 1. The maximum atomic E-state index is 12.5. The lowest BCUT2D eigenvalue weighted by atomic mass is 9.83. The van der Waals surface area contributed by atoms with Crippen LogP contribution >= 0.6 is 23.2 Å². The van der Waals surface area contributed by atoms with Crippen LogP contribution in [0.4, 0.5) is 0 Å². The lowest BCUT2D eigenvalue weighted by Gasteiger charge is -2.26. The number of hydrogen-bond acceptors (Lipinski definition) is 6. The summed E-state index contributed by atoms with van der Waals surface area (Å²) >= 11 is 12.1. The van der Waals surface area contributed by atoms with Crippen LogP contribution in [0.15, 0.2) is 102 Å². The van der Waals surface area contributed by atoms with Crippen molar-refractivity contribution in [2.75, 3.05) is 0 Å². The van der Waals surface area contributed by atoms with Gasteiger partial charge in [0.05, 0.1) is 11.5 Å². The molecule has 0 saturated heterocycles. The van der Waals surface area contributed by atoms with E-state index < -0.39 is 11.9 Å². The first-order chi connectivity index (χ1) is 18.4. The zero-order chi connectivity index (χ0) is 26.6. The number of ether oxygens (including phenoxy) is 3. The van der Waals surface area contributed by atoms with Gasteiger partial charge in [0.15, 0.2) is 0 Å². The maximum absolute atomic E-state index is 12.5. The summed E-state index contributed by atoms with van der Waals surface area (Å²) in [6.07, 6.45) is 0. The molecule has 2 N–H and O–H groups in total. The molecule has 1 atom stereocenters. The SMILES string of the molecule is N#CC1=C(N)Oc2cc(OC(=O)c3ccc(Cl)cc3)ccc2C1c1ccc(OCc2ccccc2Cl)cc1. The largest absolute Gasteiger partial charge is 0.489 e. The van der Waals surface area contributed by atoms with Crippen LogP contribution in [0.1, 0.15) is 33.0 Å². The van der Waals surface area contributed by atoms with Gasteiger partial charge in [0.25, 0.3) is 0 Å². The van der Waals surface area contributed by atoms with Crippen LogP contribution in [0.3, 0.4) is 0 Å². The lowest BCUT2D eigenvalue weighted by Crippen LogP contribution is -2.21. The molecule has 6 nitrogen and oxygen atoms in total. The molecule has 4 aromatic carbocycles. The van der Waals surface area contributed by atoms with Gasteiger partial charge in [-0.25, -0.2) is 4.79 Å². The highest BCUT2D eigenvalue weighted by Gasteiger charge is 2.31. The van der Waals surface area contributed by atoms with Crippen molar-refractivity contribution in [3.05, 3.63) is 135 Å². The van der Waals surface area contributed by atoms with E-state index in [-0.39, 0.29) is 17.2 Å². The molecule has 1 heterocycles. The lowest BCUT2D eigenvalue weighted by molar-refractivity contribution is 0.0734. The minimum atomic E-state index is -0.539. The first-order valence-electron chi connectivity index (χ1n) is 11.6. The highest BCUT2D eigenvalue weighted by molar-refractivity contribution is 6.31. The number of carbonyl (C=O) groups is 1. The van der Waals surface area contributed by atoms with Gasteiger partial charge in [0, 0.05) is 27.2 Å². The van der Waals surface area contributed by atoms with E-state index in [1.54, 1.807) is 42.5 Å². The van der Waals surface area contributed by atoms with Gasteiger partial charge >= 0.3 is 5.97 Å². The summed E-state index contributed by atoms with van der Waals surface area (Å²) in [7, 11) is 0. The molecule has 0 aromatic heterocycles. The number of allylic oxidation sites excluding steroid dienone is 1. The molecule has 5 rings (SSSR count). The Hall–Kier alpha value is -4.44. The molecule has 1 aliphatic rings. The highest BCUT2D eigenvalue weighted by Crippen LogP contribution is 2.43. The number of nitrogens with two attached hydrogens (primary N) is 1. The summed E-state index contributed by atoms with van der Waals surface area (Å²) in [6.45, 7) is 0.326. The van der Waals surface area contributed by atoms with Crippen LogP contribution < -0.4 is 19.9 Å². The summed E-state index contributed by atoms with van der Waals surface area (Å²) in [6, 6.07) is 28.5. The topological polar surface area (TPSA) is 94.6 Å². The molecule has 1 unspecified atom stereocenters. The van der Waals surface area contributed by atoms with Crippen LogP contribution in [0, 0.1) is 11.3 Å². The molecule has 8 heteroatoms. The summed E-state index contributed by atoms with van der Waals surface area (Å²) in [4.78, 5) is 12.5. The fraction of sp³-hybridized carbons (Fsp3) is 0.0667. The number of benzene rings is 4. The molecule has 0 spiro atoms. The van der Waals surface area contributed by atoms with Gasteiger partial charge in [-0.2, -0.15) is 5.26 Å². The van der Waals surface area contributed by atoms with Gasteiger partial charge in [0.1, 0.15) is 35.5 Å². The minimum Gasteiger partial charge on any atom is -0.489 e. The second kappa shape index (κ2) is 10.9. The molecular weight excluding hydrogens is 523 g/mol. The minimum absolute atomic E-state index is 0.00905. The third kappa shape index (κ3) is 5.30. The zero-order valence-electron chi connectivity index (χ0n) is 19.9. The van der Waals surface area contributed by atoms with Crippen molar-refractivity contribution in [1.29, 1.82) is 5.26 Å². The van der Waals surface area contributed by atoms with Crippen LogP contribution in [0.25, 0.3) is 0 Å². The van der Waals surface area contributed by atoms with Gasteiger partial charge in [-0.1, -0.05) is 59.6 Å². The van der Waals surface area contributed by atoms with E-state index in [4.69, 9.17) is 43.1 Å². The number of fused-ring (bicyclic) bond motifs is 1. The molecule has 1 aliphatic heterocycles. The predicted octanol–water partition coefficient (Wildman–Crippen LogP) is 7.01. The van der Waals surface area contributed by atoms with Crippen molar-refractivity contribution in [2.45, 2.75) is 12.5 Å². The summed E-state index contributed by atoms with van der Waals surface area (Å²) in [5, 5.41) is 11.0. The van der Waals surface area contributed by atoms with Crippen molar-refractivity contribution in [3.8, 4) is 23.3 Å². The van der Waals surface area contributed by atoms with Gasteiger partial charge in [0.2, 0.25) is 5.88 Å². The van der Waals surface area contributed by atoms with Crippen LogP contribution in [0.5, 0.6) is 17.2 Å². The fourth-order valence-electron chi connectivity index (χ4n) is 4.13. The zero-order valence-corrected chi connectivity index (χ0v) is 21.4. The Labute approximate surface area is 229 Å². The fourth-order valence-corrected chi connectivity index (χ4v) is 4.44. The van der Waals surface area contributed by atoms with E-state index in [0.29, 0.717) is 39.3 Å². The van der Waals surface area contributed by atoms with Crippen molar-refractivity contribution in [2.24, 2.45) is 5.73 Å². The Balaban J connectivity index is 1.38. The van der Waals surface area contributed by atoms with E-state index in [0.717, 1.165) is 11.1 Å². The van der Waals surface area contributed by atoms with Gasteiger partial charge < -0.3 is 19.9 Å².